The van der Waals surface area contributed by atoms with Crippen LogP contribution in [0.15, 0.2) is 24.3 Å². The molecule has 1 aliphatic rings. The van der Waals surface area contributed by atoms with E-state index in [1.165, 1.54) is 6.07 Å². The number of aromatic hydroxyl groups is 1. The molecule has 1 aromatic rings. The lowest BCUT2D eigenvalue weighted by Crippen LogP contribution is -2.19. The molecular weight excluding hydrogens is 195 g/mol. The predicted molar refractivity (Wildman–Crippen MR) is 55.5 cm³/mol. The fourth-order valence-corrected chi connectivity index (χ4v) is 1.98. The molecule has 15 heavy (non-hydrogen) atoms. The third-order valence-electron chi connectivity index (χ3n) is 2.87. The Hall–Kier alpha value is -1.09. The number of phenolic OH excluding ortho intramolecular Hbond substituents is 1. The van der Waals surface area contributed by atoms with Crippen LogP contribution < -0.4 is 0 Å². The molecule has 1 atom stereocenters. The van der Waals surface area contributed by atoms with Gasteiger partial charge in [-0.2, -0.15) is 0 Å². The molecule has 0 amide bonds. The van der Waals surface area contributed by atoms with Crippen molar-refractivity contribution in [3.63, 3.8) is 0 Å². The Balaban J connectivity index is 2.08. The average molecular weight is 210 g/mol. The number of alkyl halides is 1. The van der Waals surface area contributed by atoms with Crippen LogP contribution in [-0.4, -0.2) is 18.3 Å². The smallest absolute Gasteiger partial charge is 0.128 e. The van der Waals surface area contributed by atoms with Crippen molar-refractivity contribution in [2.24, 2.45) is 5.92 Å². The largest absolute Gasteiger partial charge is 0.508 e. The molecule has 1 aliphatic heterocycles. The molecule has 1 fully saturated rings. The second kappa shape index (κ2) is 4.62. The minimum absolute atomic E-state index is 0.0283. The monoisotopic (exact) mass is 210 g/mol. The molecule has 1 unspecified atom stereocenters. The molecule has 2 rings (SSSR count). The highest BCUT2D eigenvalue weighted by Gasteiger charge is 2.25. The Morgan fingerprint density at radius 3 is 2.73 bits per heavy atom. The maximum atomic E-state index is 14.0. The molecule has 0 aromatic heterocycles. The van der Waals surface area contributed by atoms with E-state index in [-0.39, 0.29) is 11.7 Å². The molecule has 82 valence electrons. The first-order valence-electron chi connectivity index (χ1n) is 5.28. The van der Waals surface area contributed by atoms with Gasteiger partial charge in [0.2, 0.25) is 0 Å². The van der Waals surface area contributed by atoms with Gasteiger partial charge in [0.15, 0.2) is 0 Å². The summed E-state index contributed by atoms with van der Waals surface area (Å²) >= 11 is 0. The summed E-state index contributed by atoms with van der Waals surface area (Å²) in [5, 5.41) is 9.27. The van der Waals surface area contributed by atoms with Gasteiger partial charge in [-0.05, 0) is 36.5 Å². The summed E-state index contributed by atoms with van der Waals surface area (Å²) < 4.78 is 19.2. The minimum atomic E-state index is -0.985. The fourth-order valence-electron chi connectivity index (χ4n) is 1.98. The van der Waals surface area contributed by atoms with E-state index in [2.05, 4.69) is 0 Å². The zero-order valence-corrected chi connectivity index (χ0v) is 8.53. The van der Waals surface area contributed by atoms with Crippen molar-refractivity contribution in [2.75, 3.05) is 13.2 Å². The Bertz CT molecular complexity index is 321. The van der Waals surface area contributed by atoms with Crippen molar-refractivity contribution in [3.05, 3.63) is 29.8 Å². The van der Waals surface area contributed by atoms with E-state index in [1.807, 2.05) is 0 Å². The summed E-state index contributed by atoms with van der Waals surface area (Å²) in [5.74, 6) is 0.155. The van der Waals surface area contributed by atoms with Crippen molar-refractivity contribution in [1.29, 1.82) is 0 Å². The third kappa shape index (κ3) is 2.48. The van der Waals surface area contributed by atoms with E-state index >= 15 is 0 Å². The topological polar surface area (TPSA) is 29.5 Å². The Kier molecular flexibility index (Phi) is 3.21. The first-order valence-corrected chi connectivity index (χ1v) is 5.28. The van der Waals surface area contributed by atoms with E-state index in [0.717, 1.165) is 12.8 Å². The lowest BCUT2D eigenvalue weighted by atomic mass is 9.90. The van der Waals surface area contributed by atoms with Gasteiger partial charge >= 0.3 is 0 Å². The van der Waals surface area contributed by atoms with Crippen LogP contribution in [-0.2, 0) is 4.74 Å². The number of hydrogen-bond donors (Lipinski definition) is 1. The summed E-state index contributed by atoms with van der Waals surface area (Å²) in [6.45, 7) is 1.29. The van der Waals surface area contributed by atoms with Gasteiger partial charge in [-0.25, -0.2) is 4.39 Å². The minimum Gasteiger partial charge on any atom is -0.508 e. The lowest BCUT2D eigenvalue weighted by molar-refractivity contribution is 0.0365. The van der Waals surface area contributed by atoms with Gasteiger partial charge in [0.1, 0.15) is 11.9 Å². The van der Waals surface area contributed by atoms with E-state index in [9.17, 15) is 9.50 Å². The van der Waals surface area contributed by atoms with Gasteiger partial charge in [-0.15, -0.1) is 0 Å². The molecule has 0 bridgehead atoms. The summed E-state index contributed by atoms with van der Waals surface area (Å²) in [7, 11) is 0. The van der Waals surface area contributed by atoms with Crippen LogP contribution in [0.2, 0.25) is 0 Å². The van der Waals surface area contributed by atoms with E-state index in [4.69, 9.17) is 4.74 Å². The Morgan fingerprint density at radius 2 is 2.07 bits per heavy atom. The van der Waals surface area contributed by atoms with Crippen molar-refractivity contribution < 1.29 is 14.2 Å². The molecule has 0 aliphatic carbocycles. The van der Waals surface area contributed by atoms with Crippen molar-refractivity contribution >= 4 is 0 Å². The second-order valence-corrected chi connectivity index (χ2v) is 3.95. The first-order chi connectivity index (χ1) is 7.27. The van der Waals surface area contributed by atoms with Crippen LogP contribution in [0.3, 0.4) is 0 Å². The normalized spacial score (nSPS) is 20.1. The maximum absolute atomic E-state index is 14.0. The van der Waals surface area contributed by atoms with Crippen molar-refractivity contribution in [3.8, 4) is 5.75 Å². The Morgan fingerprint density at radius 1 is 1.33 bits per heavy atom. The second-order valence-electron chi connectivity index (χ2n) is 3.95. The fraction of sp³-hybridized carbons (Fsp3) is 0.500. The standard InChI is InChI=1S/C12H15FO2/c13-12(9-4-6-15-7-5-9)10-2-1-3-11(14)8-10/h1-3,8-9,12,14H,4-7H2. The molecule has 3 heteroatoms. The molecular formula is C12H15FO2. The molecule has 0 radical (unpaired) electrons. The molecule has 1 heterocycles. The van der Waals surface area contributed by atoms with E-state index in [0.29, 0.717) is 18.8 Å². The maximum Gasteiger partial charge on any atom is 0.128 e. The third-order valence-corrected chi connectivity index (χ3v) is 2.87. The van der Waals surface area contributed by atoms with Gasteiger partial charge in [0, 0.05) is 13.2 Å². The van der Waals surface area contributed by atoms with Crippen LogP contribution in [0.4, 0.5) is 4.39 Å². The van der Waals surface area contributed by atoms with Crippen molar-refractivity contribution in [2.45, 2.75) is 19.0 Å². The molecule has 0 saturated carbocycles. The van der Waals surface area contributed by atoms with E-state index < -0.39 is 6.17 Å². The molecule has 1 saturated heterocycles. The summed E-state index contributed by atoms with van der Waals surface area (Å²) in [6, 6.07) is 6.46. The van der Waals surface area contributed by atoms with Crippen LogP contribution in [0.5, 0.6) is 5.75 Å². The van der Waals surface area contributed by atoms with Gasteiger partial charge in [-0.3, -0.25) is 0 Å². The number of ether oxygens (including phenoxy) is 1. The lowest BCUT2D eigenvalue weighted by Gasteiger charge is -2.25. The van der Waals surface area contributed by atoms with Gasteiger partial charge < -0.3 is 9.84 Å². The molecule has 2 nitrogen and oxygen atoms in total. The molecule has 1 aromatic carbocycles. The van der Waals surface area contributed by atoms with Gasteiger partial charge in [-0.1, -0.05) is 12.1 Å². The highest BCUT2D eigenvalue weighted by atomic mass is 19.1. The van der Waals surface area contributed by atoms with Crippen LogP contribution in [0, 0.1) is 5.92 Å². The van der Waals surface area contributed by atoms with Crippen LogP contribution >= 0.6 is 0 Å². The van der Waals surface area contributed by atoms with Crippen LogP contribution in [0.1, 0.15) is 24.6 Å². The number of halogens is 1. The zero-order chi connectivity index (χ0) is 10.7. The predicted octanol–water partition coefficient (Wildman–Crippen LogP) is 2.83. The van der Waals surface area contributed by atoms with E-state index in [1.54, 1.807) is 18.2 Å². The number of benzene rings is 1. The SMILES string of the molecule is Oc1cccc(C(F)C2CCOCC2)c1. The van der Waals surface area contributed by atoms with Gasteiger partial charge in [0.25, 0.3) is 0 Å². The van der Waals surface area contributed by atoms with Crippen molar-refractivity contribution in [1.82, 2.24) is 0 Å². The number of rotatable bonds is 2. The van der Waals surface area contributed by atoms with Crippen LogP contribution in [0.25, 0.3) is 0 Å². The summed E-state index contributed by atoms with van der Waals surface area (Å²) in [6.07, 6.45) is 0.536. The summed E-state index contributed by atoms with van der Waals surface area (Å²) in [5.41, 5.74) is 0.571. The zero-order valence-electron chi connectivity index (χ0n) is 8.53. The van der Waals surface area contributed by atoms with Gasteiger partial charge in [0.05, 0.1) is 0 Å². The Labute approximate surface area is 88.7 Å². The average Bonchev–Trinajstić information content (AvgIpc) is 2.29. The highest BCUT2D eigenvalue weighted by molar-refractivity contribution is 5.29. The molecule has 1 N–H and O–H groups in total. The number of hydrogen-bond acceptors (Lipinski definition) is 2. The summed E-state index contributed by atoms with van der Waals surface area (Å²) in [4.78, 5) is 0. The highest BCUT2D eigenvalue weighted by Crippen LogP contribution is 2.34. The quantitative estimate of drug-likeness (QED) is 0.813. The number of phenols is 1. The molecule has 0 spiro atoms. The first kappa shape index (κ1) is 10.4.